The average Bonchev–Trinajstić information content (AvgIpc) is 3.09. The number of nitrogens with one attached hydrogen (secondary N) is 3. The molecule has 0 aliphatic carbocycles. The Bertz CT molecular complexity index is 703. The molecule has 1 fully saturated rings. The fraction of sp³-hybridized carbons (Fsp3) is 0.579. The van der Waals surface area contributed by atoms with Crippen molar-refractivity contribution in [2.45, 2.75) is 32.1 Å². The van der Waals surface area contributed by atoms with Crippen molar-refractivity contribution in [2.24, 2.45) is 4.99 Å². The maximum atomic E-state index is 12.5. The molecule has 0 spiro atoms. The fourth-order valence-electron chi connectivity index (χ4n) is 3.06. The molecule has 0 saturated carbocycles. The second kappa shape index (κ2) is 12.8. The number of benzene rings is 1. The van der Waals surface area contributed by atoms with Crippen LogP contribution in [0.25, 0.3) is 0 Å². The van der Waals surface area contributed by atoms with Crippen molar-refractivity contribution in [2.75, 3.05) is 39.8 Å². The van der Waals surface area contributed by atoms with Crippen LogP contribution < -0.4 is 20.7 Å². The summed E-state index contributed by atoms with van der Waals surface area (Å²) in [6, 6.07) is 7.23. The lowest BCUT2D eigenvalue weighted by molar-refractivity contribution is -0.143. The van der Waals surface area contributed by atoms with E-state index < -0.39 is 12.7 Å². The molecule has 30 heavy (non-hydrogen) atoms. The number of hydrogen-bond acceptors (Lipinski definition) is 4. The highest BCUT2D eigenvalue weighted by Gasteiger charge is 2.34. The Balaban J connectivity index is 0.00000450. The molecule has 1 atom stereocenters. The van der Waals surface area contributed by atoms with Crippen LogP contribution in [0.4, 0.5) is 13.2 Å². The fourth-order valence-corrected chi connectivity index (χ4v) is 3.06. The van der Waals surface area contributed by atoms with E-state index >= 15 is 0 Å². The van der Waals surface area contributed by atoms with E-state index in [2.05, 4.69) is 20.9 Å². The van der Waals surface area contributed by atoms with E-state index in [4.69, 9.17) is 4.74 Å². The summed E-state index contributed by atoms with van der Waals surface area (Å²) < 4.78 is 43.0. The zero-order chi connectivity index (χ0) is 21.3. The zero-order valence-electron chi connectivity index (χ0n) is 17.1. The van der Waals surface area contributed by atoms with E-state index in [-0.39, 0.29) is 42.5 Å². The topological polar surface area (TPSA) is 78.0 Å². The maximum Gasteiger partial charge on any atom is 0.401 e. The third-order valence-corrected chi connectivity index (χ3v) is 4.34. The van der Waals surface area contributed by atoms with Crippen LogP contribution in [0.15, 0.2) is 29.3 Å². The van der Waals surface area contributed by atoms with Crippen molar-refractivity contribution in [3.05, 3.63) is 29.8 Å². The lowest BCUT2D eigenvalue weighted by atomic mass is 10.2. The standard InChI is InChI=1S/C19H28F3N5O2.HI/c1-3-24-17(28)12-29-16-6-4-5-14(9-16)10-25-18(23-2)26-15-7-8-27(11-15)13-19(20,21)22;/h4-6,9,15H,3,7-8,10-13H2,1-2H3,(H,24,28)(H2,23,25,26);1H. The number of carbonyl (C=O) groups is 1. The van der Waals surface area contributed by atoms with E-state index in [1.165, 1.54) is 4.90 Å². The summed E-state index contributed by atoms with van der Waals surface area (Å²) in [5, 5.41) is 8.98. The van der Waals surface area contributed by atoms with Crippen LogP contribution in [-0.2, 0) is 11.3 Å². The van der Waals surface area contributed by atoms with Gasteiger partial charge in [0.25, 0.3) is 5.91 Å². The van der Waals surface area contributed by atoms with Gasteiger partial charge in [0.05, 0.1) is 6.54 Å². The molecule has 3 N–H and O–H groups in total. The molecule has 1 aliphatic heterocycles. The summed E-state index contributed by atoms with van der Waals surface area (Å²) >= 11 is 0. The van der Waals surface area contributed by atoms with Gasteiger partial charge in [-0.15, -0.1) is 24.0 Å². The van der Waals surface area contributed by atoms with Gasteiger partial charge >= 0.3 is 6.18 Å². The highest BCUT2D eigenvalue weighted by atomic mass is 127. The predicted molar refractivity (Wildman–Crippen MR) is 120 cm³/mol. The second-order valence-corrected chi connectivity index (χ2v) is 6.80. The number of carbonyl (C=O) groups excluding carboxylic acids is 1. The Labute approximate surface area is 191 Å². The second-order valence-electron chi connectivity index (χ2n) is 6.80. The monoisotopic (exact) mass is 543 g/mol. The Morgan fingerprint density at radius 2 is 2.10 bits per heavy atom. The molecule has 7 nitrogen and oxygen atoms in total. The van der Waals surface area contributed by atoms with Crippen LogP contribution in [0.1, 0.15) is 18.9 Å². The van der Waals surface area contributed by atoms with Gasteiger partial charge in [-0.25, -0.2) is 0 Å². The summed E-state index contributed by atoms with van der Waals surface area (Å²) in [5.41, 5.74) is 0.923. The Kier molecular flexibility index (Phi) is 11.2. The molecule has 1 aromatic rings. The molecule has 170 valence electrons. The number of ether oxygens (including phenoxy) is 1. The number of guanidine groups is 1. The average molecular weight is 543 g/mol. The number of hydrogen-bond donors (Lipinski definition) is 3. The third-order valence-electron chi connectivity index (χ3n) is 4.34. The molecular formula is C19H29F3IN5O2. The van der Waals surface area contributed by atoms with Gasteiger partial charge in [-0.1, -0.05) is 12.1 Å². The number of alkyl halides is 3. The number of likely N-dealkylation sites (N-methyl/N-ethyl adjacent to an activating group) is 1. The van der Waals surface area contributed by atoms with E-state index in [1.54, 1.807) is 13.1 Å². The van der Waals surface area contributed by atoms with Crippen LogP contribution in [0.3, 0.4) is 0 Å². The molecular weight excluding hydrogens is 514 g/mol. The first-order chi connectivity index (χ1) is 13.8. The normalized spacial score (nSPS) is 17.2. The van der Waals surface area contributed by atoms with Crippen LogP contribution in [0.2, 0.25) is 0 Å². The molecule has 1 saturated heterocycles. The molecule has 1 aliphatic rings. The Morgan fingerprint density at radius 1 is 1.33 bits per heavy atom. The molecule has 0 radical (unpaired) electrons. The largest absolute Gasteiger partial charge is 0.484 e. The van der Waals surface area contributed by atoms with Crippen LogP contribution in [0.5, 0.6) is 5.75 Å². The van der Waals surface area contributed by atoms with Crippen LogP contribution in [0, 0.1) is 0 Å². The van der Waals surface area contributed by atoms with Crippen molar-refractivity contribution >= 4 is 35.8 Å². The highest BCUT2D eigenvalue weighted by molar-refractivity contribution is 14.0. The summed E-state index contributed by atoms with van der Waals surface area (Å²) in [4.78, 5) is 17.0. The smallest absolute Gasteiger partial charge is 0.401 e. The Hall–Kier alpha value is -1.76. The van der Waals surface area contributed by atoms with Gasteiger partial charge in [-0.3, -0.25) is 14.7 Å². The molecule has 2 rings (SSSR count). The molecule has 1 heterocycles. The van der Waals surface area contributed by atoms with Gasteiger partial charge in [-0.2, -0.15) is 13.2 Å². The van der Waals surface area contributed by atoms with E-state index in [1.807, 2.05) is 25.1 Å². The van der Waals surface area contributed by atoms with E-state index in [9.17, 15) is 18.0 Å². The van der Waals surface area contributed by atoms with Gasteiger partial charge in [0.1, 0.15) is 5.75 Å². The van der Waals surface area contributed by atoms with Crippen molar-refractivity contribution in [3.63, 3.8) is 0 Å². The minimum Gasteiger partial charge on any atom is -0.484 e. The predicted octanol–water partition coefficient (Wildman–Crippen LogP) is 2.12. The van der Waals surface area contributed by atoms with E-state index in [0.29, 0.717) is 44.3 Å². The molecule has 1 amide bonds. The molecule has 1 aromatic carbocycles. The van der Waals surface area contributed by atoms with Gasteiger partial charge in [0.2, 0.25) is 0 Å². The van der Waals surface area contributed by atoms with Crippen molar-refractivity contribution in [3.8, 4) is 5.75 Å². The summed E-state index contributed by atoms with van der Waals surface area (Å²) in [5.74, 6) is 0.923. The highest BCUT2D eigenvalue weighted by Crippen LogP contribution is 2.20. The molecule has 1 unspecified atom stereocenters. The van der Waals surface area contributed by atoms with Gasteiger partial charge < -0.3 is 20.7 Å². The number of rotatable bonds is 8. The number of amides is 1. The summed E-state index contributed by atoms with van der Waals surface area (Å²) in [6.07, 6.45) is -3.56. The van der Waals surface area contributed by atoms with Gasteiger partial charge in [0, 0.05) is 39.3 Å². The first-order valence-electron chi connectivity index (χ1n) is 9.53. The lowest BCUT2D eigenvalue weighted by Gasteiger charge is -2.20. The minimum atomic E-state index is -4.18. The maximum absolute atomic E-state index is 12.5. The van der Waals surface area contributed by atoms with Crippen molar-refractivity contribution in [1.29, 1.82) is 0 Å². The van der Waals surface area contributed by atoms with Gasteiger partial charge in [0.15, 0.2) is 12.6 Å². The number of nitrogens with zero attached hydrogens (tertiary/aromatic N) is 2. The zero-order valence-corrected chi connectivity index (χ0v) is 19.4. The lowest BCUT2D eigenvalue weighted by Crippen LogP contribution is -2.44. The van der Waals surface area contributed by atoms with Crippen LogP contribution >= 0.6 is 24.0 Å². The number of likely N-dealkylation sites (tertiary alicyclic amines) is 1. The first-order valence-corrected chi connectivity index (χ1v) is 9.53. The third kappa shape index (κ3) is 9.83. The number of aliphatic imine (C=N–C) groups is 1. The van der Waals surface area contributed by atoms with E-state index in [0.717, 1.165) is 5.56 Å². The quantitative estimate of drug-likeness (QED) is 0.266. The van der Waals surface area contributed by atoms with Gasteiger partial charge in [-0.05, 0) is 31.0 Å². The molecule has 0 bridgehead atoms. The first kappa shape index (κ1) is 26.3. The number of halogens is 4. The Morgan fingerprint density at radius 3 is 2.77 bits per heavy atom. The molecule has 0 aromatic heterocycles. The SMILES string of the molecule is CCNC(=O)COc1cccc(CNC(=NC)NC2CCN(CC(F)(F)F)C2)c1.I. The van der Waals surface area contributed by atoms with Crippen LogP contribution in [-0.4, -0.2) is 68.8 Å². The summed E-state index contributed by atoms with van der Waals surface area (Å²) in [6.45, 7) is 2.63. The van der Waals surface area contributed by atoms with Crippen molar-refractivity contribution in [1.82, 2.24) is 20.9 Å². The summed E-state index contributed by atoms with van der Waals surface area (Å²) in [7, 11) is 1.61. The minimum absolute atomic E-state index is 0. The van der Waals surface area contributed by atoms with Crippen molar-refractivity contribution < 1.29 is 22.7 Å². The molecule has 11 heteroatoms.